The second-order valence-electron chi connectivity index (χ2n) is 6.22. The molecule has 1 N–H and O–H groups in total. The van der Waals surface area contributed by atoms with Crippen molar-refractivity contribution in [3.05, 3.63) is 64.8 Å². The molecule has 2 heterocycles. The summed E-state index contributed by atoms with van der Waals surface area (Å²) in [7, 11) is 0. The zero-order valence-corrected chi connectivity index (χ0v) is 16.4. The molecule has 4 rings (SSSR count). The average molecular weight is 439 g/mol. The van der Waals surface area contributed by atoms with E-state index in [0.717, 1.165) is 9.86 Å². The maximum Gasteiger partial charge on any atom is 0.307 e. The fourth-order valence-corrected chi connectivity index (χ4v) is 3.24. The average Bonchev–Trinajstić information content (AvgIpc) is 3.24. The summed E-state index contributed by atoms with van der Waals surface area (Å²) in [5, 5.41) is 10.4. The predicted octanol–water partition coefficient (Wildman–Crippen LogP) is 3.95. The number of halogens is 1. The Morgan fingerprint density at radius 3 is 2.82 bits per heavy atom. The van der Waals surface area contributed by atoms with Crippen LogP contribution in [0.4, 0.5) is 5.69 Å². The number of carbonyl (C=O) groups is 2. The maximum absolute atomic E-state index is 12.6. The van der Waals surface area contributed by atoms with Crippen LogP contribution in [0.2, 0.25) is 0 Å². The topological polar surface area (TPSA) is 87.3 Å². The first kappa shape index (κ1) is 18.1. The van der Waals surface area contributed by atoms with Crippen LogP contribution in [0.25, 0.3) is 11.0 Å². The van der Waals surface area contributed by atoms with Crippen LogP contribution in [-0.2, 0) is 4.79 Å². The molecule has 0 saturated carbocycles. The van der Waals surface area contributed by atoms with E-state index in [2.05, 4.69) is 31.6 Å². The first-order chi connectivity index (χ1) is 13.5. The van der Waals surface area contributed by atoms with Gasteiger partial charge in [-0.15, -0.1) is 0 Å². The van der Waals surface area contributed by atoms with Crippen molar-refractivity contribution >= 4 is 56.3 Å². The van der Waals surface area contributed by atoms with E-state index in [1.165, 1.54) is 11.2 Å². The molecule has 0 radical (unpaired) electrons. The lowest BCUT2D eigenvalue weighted by atomic mass is 10.1. The van der Waals surface area contributed by atoms with Crippen LogP contribution in [-0.4, -0.2) is 23.7 Å². The summed E-state index contributed by atoms with van der Waals surface area (Å²) < 4.78 is 6.41. The number of carbonyl (C=O) groups excluding carboxylic acids is 2. The van der Waals surface area contributed by atoms with Crippen molar-refractivity contribution in [1.82, 2.24) is 5.43 Å². The van der Waals surface area contributed by atoms with E-state index < -0.39 is 11.8 Å². The minimum Gasteiger partial charge on any atom is -0.451 e. The zero-order valence-electron chi connectivity index (χ0n) is 14.8. The SMILES string of the molecule is CC1=NN(c2ccccc2)C(=O)[C@@H]1/C=N/NC(=O)c1cc2cc(Br)ccc2o1. The highest BCUT2D eigenvalue weighted by Gasteiger charge is 2.33. The summed E-state index contributed by atoms with van der Waals surface area (Å²) >= 11 is 3.38. The molecule has 1 aliphatic rings. The Morgan fingerprint density at radius 1 is 1.25 bits per heavy atom. The van der Waals surface area contributed by atoms with Gasteiger partial charge in [-0.2, -0.15) is 15.2 Å². The number of fused-ring (bicyclic) bond motifs is 1. The number of nitrogens with one attached hydrogen (secondary N) is 1. The third-order valence-corrected chi connectivity index (χ3v) is 4.77. The molecule has 2 amide bonds. The number of furan rings is 1. The zero-order chi connectivity index (χ0) is 19.7. The monoisotopic (exact) mass is 438 g/mol. The summed E-state index contributed by atoms with van der Waals surface area (Å²) in [6.07, 6.45) is 1.38. The van der Waals surface area contributed by atoms with E-state index in [1.54, 1.807) is 31.2 Å². The van der Waals surface area contributed by atoms with Gasteiger partial charge in [0.15, 0.2) is 5.76 Å². The number of hydrazone groups is 2. The predicted molar refractivity (Wildman–Crippen MR) is 110 cm³/mol. The van der Waals surface area contributed by atoms with Crippen molar-refractivity contribution in [3.63, 3.8) is 0 Å². The molecule has 140 valence electrons. The Labute approximate surface area is 168 Å². The lowest BCUT2D eigenvalue weighted by Crippen LogP contribution is -2.29. The summed E-state index contributed by atoms with van der Waals surface area (Å²) in [5.41, 5.74) is 4.28. The highest BCUT2D eigenvalue weighted by Crippen LogP contribution is 2.24. The molecule has 0 spiro atoms. The number of anilines is 1. The lowest BCUT2D eigenvalue weighted by molar-refractivity contribution is -0.118. The number of amides is 2. The molecule has 8 heteroatoms. The van der Waals surface area contributed by atoms with E-state index in [-0.39, 0.29) is 11.7 Å². The largest absolute Gasteiger partial charge is 0.451 e. The van der Waals surface area contributed by atoms with Gasteiger partial charge in [-0.3, -0.25) is 9.59 Å². The molecule has 0 aliphatic carbocycles. The smallest absolute Gasteiger partial charge is 0.307 e. The van der Waals surface area contributed by atoms with Crippen LogP contribution in [0.15, 0.2) is 73.7 Å². The highest BCUT2D eigenvalue weighted by molar-refractivity contribution is 9.10. The van der Waals surface area contributed by atoms with Gasteiger partial charge in [-0.25, -0.2) is 5.43 Å². The van der Waals surface area contributed by atoms with E-state index in [4.69, 9.17) is 4.42 Å². The van der Waals surface area contributed by atoms with E-state index in [9.17, 15) is 9.59 Å². The molecule has 1 atom stereocenters. The number of nitrogens with zero attached hydrogens (tertiary/aromatic N) is 3. The number of para-hydroxylation sites is 1. The van der Waals surface area contributed by atoms with Crippen molar-refractivity contribution in [2.45, 2.75) is 6.92 Å². The third-order valence-electron chi connectivity index (χ3n) is 4.28. The minimum atomic E-state index is -0.632. The van der Waals surface area contributed by atoms with Crippen molar-refractivity contribution in [2.24, 2.45) is 16.1 Å². The van der Waals surface area contributed by atoms with Crippen LogP contribution in [0, 0.1) is 5.92 Å². The molecular weight excluding hydrogens is 424 g/mol. The van der Waals surface area contributed by atoms with Crippen LogP contribution in [0.1, 0.15) is 17.5 Å². The standard InChI is InChI=1S/C20H15BrN4O3/c1-12-16(20(27)25(24-12)15-5-3-2-4-6-15)11-22-23-19(26)18-10-13-9-14(21)7-8-17(13)28-18/h2-11,16H,1H3,(H,23,26)/b22-11+/t16-/m1/s1. The molecule has 1 aliphatic heterocycles. The molecule has 0 unspecified atom stereocenters. The van der Waals surface area contributed by atoms with Crippen molar-refractivity contribution in [3.8, 4) is 0 Å². The fraction of sp³-hybridized carbons (Fsp3) is 0.100. The van der Waals surface area contributed by atoms with Gasteiger partial charge in [-0.1, -0.05) is 34.1 Å². The number of rotatable bonds is 4. The van der Waals surface area contributed by atoms with E-state index in [0.29, 0.717) is 17.0 Å². The van der Waals surface area contributed by atoms with Crippen molar-refractivity contribution in [1.29, 1.82) is 0 Å². The van der Waals surface area contributed by atoms with Gasteiger partial charge >= 0.3 is 5.91 Å². The van der Waals surface area contributed by atoms with Gasteiger partial charge in [0.25, 0.3) is 5.91 Å². The lowest BCUT2D eigenvalue weighted by Gasteiger charge is -2.12. The van der Waals surface area contributed by atoms with Gasteiger partial charge in [0.1, 0.15) is 11.5 Å². The fourth-order valence-electron chi connectivity index (χ4n) is 2.86. The Balaban J connectivity index is 1.45. The number of hydrogen-bond acceptors (Lipinski definition) is 5. The molecule has 2 aromatic carbocycles. The van der Waals surface area contributed by atoms with E-state index in [1.807, 2.05) is 30.3 Å². The van der Waals surface area contributed by atoms with Gasteiger partial charge in [-0.05, 0) is 43.3 Å². The summed E-state index contributed by atoms with van der Waals surface area (Å²) in [6.45, 7) is 1.75. The molecule has 0 fully saturated rings. The van der Waals surface area contributed by atoms with E-state index >= 15 is 0 Å². The second kappa shape index (κ2) is 7.40. The van der Waals surface area contributed by atoms with Gasteiger partial charge < -0.3 is 4.42 Å². The first-order valence-electron chi connectivity index (χ1n) is 8.49. The summed E-state index contributed by atoms with van der Waals surface area (Å²) in [4.78, 5) is 24.9. The Kier molecular flexibility index (Phi) is 4.79. The molecular formula is C20H15BrN4O3. The normalized spacial score (nSPS) is 16.8. The summed E-state index contributed by atoms with van der Waals surface area (Å²) in [6, 6.07) is 16.2. The Bertz CT molecular complexity index is 1120. The molecule has 0 saturated heterocycles. The molecule has 0 bridgehead atoms. The maximum atomic E-state index is 12.6. The Morgan fingerprint density at radius 2 is 2.04 bits per heavy atom. The molecule has 3 aromatic rings. The number of benzene rings is 2. The van der Waals surface area contributed by atoms with Gasteiger partial charge in [0.2, 0.25) is 0 Å². The first-order valence-corrected chi connectivity index (χ1v) is 9.29. The van der Waals surface area contributed by atoms with Crippen LogP contribution in [0.5, 0.6) is 0 Å². The van der Waals surface area contributed by atoms with Crippen molar-refractivity contribution < 1.29 is 14.0 Å². The van der Waals surface area contributed by atoms with Gasteiger partial charge in [0.05, 0.1) is 11.4 Å². The third kappa shape index (κ3) is 3.46. The Hall–Kier alpha value is -3.26. The summed E-state index contributed by atoms with van der Waals surface area (Å²) in [5.74, 6) is -1.22. The highest BCUT2D eigenvalue weighted by atomic mass is 79.9. The molecule has 28 heavy (non-hydrogen) atoms. The van der Waals surface area contributed by atoms with Crippen molar-refractivity contribution in [2.75, 3.05) is 5.01 Å². The van der Waals surface area contributed by atoms with Crippen LogP contribution in [0.3, 0.4) is 0 Å². The quantitative estimate of drug-likeness (QED) is 0.493. The minimum absolute atomic E-state index is 0.138. The molecule has 1 aromatic heterocycles. The molecule has 7 nitrogen and oxygen atoms in total. The second-order valence-corrected chi connectivity index (χ2v) is 7.13. The van der Waals surface area contributed by atoms with Crippen LogP contribution >= 0.6 is 15.9 Å². The van der Waals surface area contributed by atoms with Gasteiger partial charge in [0, 0.05) is 16.1 Å². The van der Waals surface area contributed by atoms with Crippen LogP contribution < -0.4 is 10.4 Å². The number of hydrogen-bond donors (Lipinski definition) is 1.